The van der Waals surface area contributed by atoms with E-state index in [1.165, 1.54) is 16.7 Å². The van der Waals surface area contributed by atoms with E-state index in [4.69, 9.17) is 5.11 Å². The average Bonchev–Trinajstić information content (AvgIpc) is 2.93. The number of hydrogen-bond acceptors (Lipinski definition) is 5. The second kappa shape index (κ2) is 8.58. The van der Waals surface area contributed by atoms with Gasteiger partial charge in [0.05, 0.1) is 6.54 Å². The van der Waals surface area contributed by atoms with Gasteiger partial charge < -0.3 is 20.6 Å². The third kappa shape index (κ3) is 6.09. The molecule has 21 heavy (non-hydrogen) atoms. The molecule has 1 atom stereocenters. The number of likely N-dealkylation sites (N-methyl/N-ethyl adjacent to an activating group) is 1. The van der Waals surface area contributed by atoms with Crippen LogP contribution < -0.4 is 10.6 Å². The molecule has 7 nitrogen and oxygen atoms in total. The smallest absolute Gasteiger partial charge is 0.355 e. The van der Waals surface area contributed by atoms with E-state index < -0.39 is 5.97 Å². The van der Waals surface area contributed by atoms with Gasteiger partial charge in [-0.15, -0.1) is 11.3 Å². The monoisotopic (exact) mass is 314 g/mol. The highest BCUT2D eigenvalue weighted by Crippen LogP contribution is 2.09. The Morgan fingerprint density at radius 3 is 2.76 bits per heavy atom. The summed E-state index contributed by atoms with van der Waals surface area (Å²) in [7, 11) is 2.02. The van der Waals surface area contributed by atoms with E-state index in [-0.39, 0.29) is 18.3 Å². The molecule has 0 bridgehead atoms. The summed E-state index contributed by atoms with van der Waals surface area (Å²) in [6, 6.07) is 0.208. The number of nitrogens with zero attached hydrogens (tertiary/aromatic N) is 2. The van der Waals surface area contributed by atoms with E-state index in [1.54, 1.807) is 0 Å². The number of carbonyl (C=O) groups excluding carboxylic acids is 1. The lowest BCUT2D eigenvalue weighted by Crippen LogP contribution is -2.41. The number of hydrogen-bond donors (Lipinski definition) is 3. The molecule has 1 rings (SSSR count). The maximum atomic E-state index is 11.6. The molecular formula is C13H22N4O3S. The number of carbonyl (C=O) groups is 2. The lowest BCUT2D eigenvalue weighted by molar-refractivity contribution is 0.0691. The SMILES string of the molecule is CCC(C)N(C)CCNC(=O)NCc1nc(C(=O)O)cs1. The maximum absolute atomic E-state index is 11.6. The number of nitrogens with one attached hydrogen (secondary N) is 2. The minimum absolute atomic E-state index is 0.00684. The summed E-state index contributed by atoms with van der Waals surface area (Å²) in [5.74, 6) is -1.06. The molecule has 0 spiro atoms. The molecule has 118 valence electrons. The highest BCUT2D eigenvalue weighted by atomic mass is 32.1. The largest absolute Gasteiger partial charge is 0.476 e. The van der Waals surface area contributed by atoms with Crippen LogP contribution in [0, 0.1) is 0 Å². The predicted molar refractivity (Wildman–Crippen MR) is 81.7 cm³/mol. The fraction of sp³-hybridized carbons (Fsp3) is 0.615. The van der Waals surface area contributed by atoms with Crippen molar-refractivity contribution in [3.63, 3.8) is 0 Å². The summed E-state index contributed by atoms with van der Waals surface area (Å²) in [5, 5.41) is 16.2. The van der Waals surface area contributed by atoms with Gasteiger partial charge in [0.15, 0.2) is 5.69 Å². The first-order valence-electron chi connectivity index (χ1n) is 6.83. The van der Waals surface area contributed by atoms with Crippen molar-refractivity contribution in [2.24, 2.45) is 0 Å². The van der Waals surface area contributed by atoms with Gasteiger partial charge in [0.2, 0.25) is 0 Å². The fourth-order valence-electron chi connectivity index (χ4n) is 1.59. The van der Waals surface area contributed by atoms with Crippen LogP contribution in [0.3, 0.4) is 0 Å². The molecule has 2 amide bonds. The third-order valence-electron chi connectivity index (χ3n) is 3.26. The van der Waals surface area contributed by atoms with E-state index in [0.29, 0.717) is 17.6 Å². The molecular weight excluding hydrogens is 292 g/mol. The molecule has 0 aliphatic rings. The Kier molecular flexibility index (Phi) is 7.10. The Hall–Kier alpha value is -1.67. The van der Waals surface area contributed by atoms with Crippen LogP contribution in [0.5, 0.6) is 0 Å². The first kappa shape index (κ1) is 17.4. The van der Waals surface area contributed by atoms with Crippen LogP contribution in [0.1, 0.15) is 35.8 Å². The van der Waals surface area contributed by atoms with Gasteiger partial charge in [-0.25, -0.2) is 14.6 Å². The van der Waals surface area contributed by atoms with Crippen LogP contribution in [0.15, 0.2) is 5.38 Å². The Morgan fingerprint density at radius 1 is 1.48 bits per heavy atom. The molecule has 0 radical (unpaired) electrons. The summed E-state index contributed by atoms with van der Waals surface area (Å²) < 4.78 is 0. The van der Waals surface area contributed by atoms with E-state index in [9.17, 15) is 9.59 Å². The fourth-order valence-corrected chi connectivity index (χ4v) is 2.29. The minimum Gasteiger partial charge on any atom is -0.476 e. The van der Waals surface area contributed by atoms with Gasteiger partial charge in [0.25, 0.3) is 0 Å². The van der Waals surface area contributed by atoms with E-state index in [0.717, 1.165) is 13.0 Å². The van der Waals surface area contributed by atoms with Crippen molar-refractivity contribution in [3.8, 4) is 0 Å². The lowest BCUT2D eigenvalue weighted by Gasteiger charge is -2.23. The van der Waals surface area contributed by atoms with Crippen molar-refractivity contribution >= 4 is 23.3 Å². The van der Waals surface area contributed by atoms with Crippen LogP contribution >= 0.6 is 11.3 Å². The van der Waals surface area contributed by atoms with E-state index in [2.05, 4.69) is 34.4 Å². The quantitative estimate of drug-likeness (QED) is 0.674. The van der Waals surface area contributed by atoms with Gasteiger partial charge in [-0.3, -0.25) is 0 Å². The van der Waals surface area contributed by atoms with Crippen molar-refractivity contribution in [1.29, 1.82) is 0 Å². The van der Waals surface area contributed by atoms with Gasteiger partial charge in [-0.2, -0.15) is 0 Å². The van der Waals surface area contributed by atoms with Crippen molar-refractivity contribution < 1.29 is 14.7 Å². The van der Waals surface area contributed by atoms with Gasteiger partial charge in [0.1, 0.15) is 5.01 Å². The summed E-state index contributed by atoms with van der Waals surface area (Å²) in [4.78, 5) is 28.3. The molecule has 1 aromatic heterocycles. The highest BCUT2D eigenvalue weighted by Gasteiger charge is 2.10. The van der Waals surface area contributed by atoms with Gasteiger partial charge in [0, 0.05) is 24.5 Å². The zero-order valence-corrected chi connectivity index (χ0v) is 13.4. The van der Waals surface area contributed by atoms with Crippen LogP contribution in [-0.2, 0) is 6.54 Å². The topological polar surface area (TPSA) is 94.6 Å². The standard InChI is InChI=1S/C13H22N4O3S/c1-4-9(2)17(3)6-5-14-13(20)15-7-11-16-10(8-21-11)12(18)19/h8-9H,4-7H2,1-3H3,(H,18,19)(H2,14,15,20). The van der Waals surface area contributed by atoms with Crippen LogP contribution in [0.2, 0.25) is 0 Å². The molecule has 1 heterocycles. The van der Waals surface area contributed by atoms with E-state index in [1.807, 2.05) is 7.05 Å². The van der Waals surface area contributed by atoms with Crippen molar-refractivity contribution in [2.45, 2.75) is 32.9 Å². The molecule has 1 unspecified atom stereocenters. The number of thiazole rings is 1. The minimum atomic E-state index is -1.06. The molecule has 0 aromatic carbocycles. The maximum Gasteiger partial charge on any atom is 0.355 e. The second-order valence-electron chi connectivity index (χ2n) is 4.78. The number of rotatable bonds is 8. The summed E-state index contributed by atoms with van der Waals surface area (Å²) in [6.45, 7) is 5.84. The van der Waals surface area contributed by atoms with Gasteiger partial charge >= 0.3 is 12.0 Å². The highest BCUT2D eigenvalue weighted by molar-refractivity contribution is 7.09. The Bertz CT molecular complexity index is 478. The molecule has 8 heteroatoms. The summed E-state index contributed by atoms with van der Waals surface area (Å²) in [6.07, 6.45) is 1.07. The second-order valence-corrected chi connectivity index (χ2v) is 5.72. The lowest BCUT2D eigenvalue weighted by atomic mass is 10.2. The third-order valence-corrected chi connectivity index (χ3v) is 4.11. The van der Waals surface area contributed by atoms with E-state index >= 15 is 0 Å². The molecule has 0 fully saturated rings. The molecule has 1 aromatic rings. The number of urea groups is 1. The Morgan fingerprint density at radius 2 is 2.19 bits per heavy atom. The average molecular weight is 314 g/mol. The molecule has 0 saturated heterocycles. The molecule has 3 N–H and O–H groups in total. The van der Waals surface area contributed by atoms with Gasteiger partial charge in [-0.05, 0) is 20.4 Å². The summed E-state index contributed by atoms with van der Waals surface area (Å²) in [5.41, 5.74) is 0.00684. The zero-order chi connectivity index (χ0) is 15.8. The van der Waals surface area contributed by atoms with Crippen molar-refractivity contribution in [1.82, 2.24) is 20.5 Å². The summed E-state index contributed by atoms with van der Waals surface area (Å²) >= 11 is 1.21. The van der Waals surface area contributed by atoms with Crippen LogP contribution in [0.25, 0.3) is 0 Å². The number of aromatic nitrogens is 1. The number of amides is 2. The first-order valence-corrected chi connectivity index (χ1v) is 7.71. The van der Waals surface area contributed by atoms with Crippen LogP contribution in [0.4, 0.5) is 4.79 Å². The number of carboxylic acids is 1. The molecule has 0 aliphatic carbocycles. The van der Waals surface area contributed by atoms with Crippen LogP contribution in [-0.4, -0.2) is 53.2 Å². The number of carboxylic acid groups (broad SMARTS) is 1. The van der Waals surface area contributed by atoms with Gasteiger partial charge in [-0.1, -0.05) is 6.92 Å². The molecule has 0 saturated carbocycles. The Balaban J connectivity index is 2.23. The Labute approximate surface area is 128 Å². The number of aromatic carboxylic acids is 1. The van der Waals surface area contributed by atoms with Crippen molar-refractivity contribution in [2.75, 3.05) is 20.1 Å². The normalized spacial score (nSPS) is 12.2. The predicted octanol–water partition coefficient (Wildman–Crippen LogP) is 1.37. The zero-order valence-electron chi connectivity index (χ0n) is 12.5. The first-order chi connectivity index (χ1) is 9.93. The molecule has 0 aliphatic heterocycles. The van der Waals surface area contributed by atoms with Crippen molar-refractivity contribution in [3.05, 3.63) is 16.1 Å².